The van der Waals surface area contributed by atoms with Crippen LogP contribution in [0, 0.1) is 0 Å². The highest BCUT2D eigenvalue weighted by Gasteiger charge is 2.13. The van der Waals surface area contributed by atoms with Gasteiger partial charge in [-0.2, -0.15) is 0 Å². The van der Waals surface area contributed by atoms with Crippen molar-refractivity contribution >= 4 is 16.9 Å². The smallest absolute Gasteiger partial charge is 0.338 e. The van der Waals surface area contributed by atoms with Crippen LogP contribution in [0.25, 0.3) is 10.9 Å². The van der Waals surface area contributed by atoms with Crippen LogP contribution in [-0.4, -0.2) is 22.7 Å². The van der Waals surface area contributed by atoms with E-state index in [1.807, 2.05) is 6.92 Å². The number of carbonyl (C=O) groups is 1. The van der Waals surface area contributed by atoms with Crippen LogP contribution in [-0.2, 0) is 4.74 Å². The zero-order valence-corrected chi connectivity index (χ0v) is 12.2. The molecule has 0 bridgehead atoms. The van der Waals surface area contributed by atoms with Gasteiger partial charge >= 0.3 is 5.97 Å². The van der Waals surface area contributed by atoms with Crippen LogP contribution in [0.3, 0.4) is 0 Å². The minimum atomic E-state index is -0.863. The number of rotatable bonds is 5. The Kier molecular flexibility index (Phi) is 4.75. The molecule has 0 amide bonds. The number of benzene rings is 1. The highest BCUT2D eigenvalue weighted by Crippen LogP contribution is 2.15. The molecule has 5 nitrogen and oxygen atoms in total. The van der Waals surface area contributed by atoms with Crippen molar-refractivity contribution in [1.82, 2.24) is 4.98 Å². The third-order valence-corrected chi connectivity index (χ3v) is 3.33. The van der Waals surface area contributed by atoms with Gasteiger partial charge in [0.25, 0.3) is 0 Å². The third kappa shape index (κ3) is 3.31. The number of esters is 1. The Bertz CT molecular complexity index is 703. The molecule has 2 rings (SSSR count). The molecule has 2 N–H and O–H groups in total. The number of aromatic amines is 1. The summed E-state index contributed by atoms with van der Waals surface area (Å²) < 4.78 is 5.13. The summed E-state index contributed by atoms with van der Waals surface area (Å²) in [6, 6.07) is 4.79. The van der Waals surface area contributed by atoms with Gasteiger partial charge in [0.15, 0.2) is 5.43 Å². The van der Waals surface area contributed by atoms with Gasteiger partial charge in [0.2, 0.25) is 0 Å². The maximum atomic E-state index is 12.3. The predicted octanol–water partition coefficient (Wildman–Crippen LogP) is 2.54. The maximum Gasteiger partial charge on any atom is 0.338 e. The van der Waals surface area contributed by atoms with Gasteiger partial charge in [-0.1, -0.05) is 13.3 Å². The molecular formula is C16H19NO4. The van der Waals surface area contributed by atoms with Crippen LogP contribution in [0.15, 0.2) is 29.2 Å². The van der Waals surface area contributed by atoms with E-state index in [4.69, 9.17) is 4.74 Å². The summed E-state index contributed by atoms with van der Waals surface area (Å²) in [6.45, 7) is 3.91. The average Bonchev–Trinajstić information content (AvgIpc) is 2.47. The zero-order valence-electron chi connectivity index (χ0n) is 12.2. The number of carbonyl (C=O) groups excluding carboxylic acids is 1. The summed E-state index contributed by atoms with van der Waals surface area (Å²) in [7, 11) is 0. The van der Waals surface area contributed by atoms with Crippen molar-refractivity contribution in [2.75, 3.05) is 6.61 Å². The molecule has 0 radical (unpaired) electrons. The number of H-pyrrole nitrogens is 1. The zero-order chi connectivity index (χ0) is 15.4. The fourth-order valence-corrected chi connectivity index (χ4v) is 2.06. The van der Waals surface area contributed by atoms with Crippen molar-refractivity contribution in [2.24, 2.45) is 0 Å². The molecule has 0 aliphatic heterocycles. The van der Waals surface area contributed by atoms with Gasteiger partial charge in [-0.05, 0) is 31.5 Å². The topological polar surface area (TPSA) is 79.4 Å². The van der Waals surface area contributed by atoms with Gasteiger partial charge in [0.05, 0.1) is 18.3 Å². The number of aliphatic hydroxyl groups excluding tert-OH is 1. The predicted molar refractivity (Wildman–Crippen MR) is 80.4 cm³/mol. The van der Waals surface area contributed by atoms with Crippen molar-refractivity contribution in [2.45, 2.75) is 32.8 Å². The van der Waals surface area contributed by atoms with Crippen LogP contribution in [0.1, 0.15) is 48.7 Å². The quantitative estimate of drug-likeness (QED) is 0.655. The molecule has 5 heteroatoms. The number of unbranched alkanes of at least 4 members (excludes halogenated alkanes) is 1. The Balaban J connectivity index is 2.38. The van der Waals surface area contributed by atoms with Crippen LogP contribution in [0.5, 0.6) is 0 Å². The Hall–Kier alpha value is -2.14. The van der Waals surface area contributed by atoms with E-state index in [0.717, 1.165) is 12.8 Å². The van der Waals surface area contributed by atoms with Crippen LogP contribution >= 0.6 is 0 Å². The van der Waals surface area contributed by atoms with Crippen LogP contribution < -0.4 is 5.43 Å². The Morgan fingerprint density at radius 1 is 1.43 bits per heavy atom. The van der Waals surface area contributed by atoms with Crippen molar-refractivity contribution in [3.8, 4) is 0 Å². The molecule has 0 aliphatic rings. The fraction of sp³-hybridized carbons (Fsp3) is 0.375. The number of aromatic nitrogens is 1. The molecule has 0 spiro atoms. The minimum absolute atomic E-state index is 0.276. The van der Waals surface area contributed by atoms with E-state index in [2.05, 4.69) is 4.98 Å². The van der Waals surface area contributed by atoms with E-state index in [1.165, 1.54) is 19.2 Å². The monoisotopic (exact) mass is 289 g/mol. The number of pyridine rings is 1. The lowest BCUT2D eigenvalue weighted by Gasteiger charge is -2.07. The number of hydrogen-bond acceptors (Lipinski definition) is 4. The first-order chi connectivity index (χ1) is 10.0. The minimum Gasteiger partial charge on any atom is -0.462 e. The second kappa shape index (κ2) is 6.54. The largest absolute Gasteiger partial charge is 0.462 e. The number of ether oxygens (including phenoxy) is 1. The number of nitrogens with one attached hydrogen (secondary N) is 1. The lowest BCUT2D eigenvalue weighted by atomic mass is 10.1. The first kappa shape index (κ1) is 15.3. The molecule has 21 heavy (non-hydrogen) atoms. The second-order valence-electron chi connectivity index (χ2n) is 5.00. The maximum absolute atomic E-state index is 12.3. The third-order valence-electron chi connectivity index (χ3n) is 3.33. The van der Waals surface area contributed by atoms with E-state index in [0.29, 0.717) is 23.1 Å². The molecule has 0 saturated heterocycles. The summed E-state index contributed by atoms with van der Waals surface area (Å²) in [5.74, 6) is -0.438. The first-order valence-corrected chi connectivity index (χ1v) is 7.05. The molecule has 0 saturated carbocycles. The molecule has 1 atom stereocenters. The van der Waals surface area contributed by atoms with E-state index in [1.54, 1.807) is 12.1 Å². The lowest BCUT2D eigenvalue weighted by Crippen LogP contribution is -2.14. The second-order valence-corrected chi connectivity index (χ2v) is 5.00. The van der Waals surface area contributed by atoms with Gasteiger partial charge < -0.3 is 14.8 Å². The summed E-state index contributed by atoms with van der Waals surface area (Å²) in [4.78, 5) is 27.1. The first-order valence-electron chi connectivity index (χ1n) is 7.05. The van der Waals surface area contributed by atoms with Gasteiger partial charge in [0.1, 0.15) is 0 Å². The molecule has 1 aromatic carbocycles. The summed E-state index contributed by atoms with van der Waals surface area (Å²) in [5, 5.41) is 9.95. The Morgan fingerprint density at radius 2 is 2.19 bits per heavy atom. The average molecular weight is 289 g/mol. The highest BCUT2D eigenvalue weighted by atomic mass is 16.5. The normalized spacial score (nSPS) is 12.3. The van der Waals surface area contributed by atoms with Crippen molar-refractivity contribution in [1.29, 1.82) is 0 Å². The lowest BCUT2D eigenvalue weighted by molar-refractivity contribution is 0.0500. The van der Waals surface area contributed by atoms with Gasteiger partial charge in [-0.3, -0.25) is 4.79 Å². The van der Waals surface area contributed by atoms with Crippen molar-refractivity contribution in [3.05, 3.63) is 45.7 Å². The van der Waals surface area contributed by atoms with Crippen molar-refractivity contribution in [3.63, 3.8) is 0 Å². The van der Waals surface area contributed by atoms with Gasteiger partial charge in [0, 0.05) is 22.7 Å². The van der Waals surface area contributed by atoms with E-state index in [9.17, 15) is 14.7 Å². The van der Waals surface area contributed by atoms with Gasteiger partial charge in [-0.25, -0.2) is 4.79 Å². The summed E-state index contributed by atoms with van der Waals surface area (Å²) in [6.07, 6.45) is 2.39. The molecule has 0 fully saturated rings. The fourth-order valence-electron chi connectivity index (χ4n) is 2.06. The van der Waals surface area contributed by atoms with Crippen LogP contribution in [0.2, 0.25) is 0 Å². The van der Waals surface area contributed by atoms with Crippen LogP contribution in [0.4, 0.5) is 0 Å². The summed E-state index contributed by atoms with van der Waals surface area (Å²) in [5.41, 5.74) is 0.960. The Morgan fingerprint density at radius 3 is 2.86 bits per heavy atom. The number of fused-ring (bicyclic) bond motifs is 1. The van der Waals surface area contributed by atoms with E-state index < -0.39 is 12.1 Å². The molecule has 1 heterocycles. The molecule has 0 aliphatic carbocycles. The number of hydrogen-bond donors (Lipinski definition) is 2. The standard InChI is InChI=1S/C16H19NO4/c1-3-4-7-21-16(20)11-5-6-14-12(8-11)15(19)13(9-17-14)10(2)18/h5-6,8-10,18H,3-4,7H2,1-2H3,(H,17,19). The molecule has 1 unspecified atom stereocenters. The molecule has 1 aromatic heterocycles. The molecular weight excluding hydrogens is 270 g/mol. The van der Waals surface area contributed by atoms with E-state index >= 15 is 0 Å². The molecule has 2 aromatic rings. The highest BCUT2D eigenvalue weighted by molar-refractivity contribution is 5.94. The Labute approximate surface area is 122 Å². The van der Waals surface area contributed by atoms with Gasteiger partial charge in [-0.15, -0.1) is 0 Å². The number of aliphatic hydroxyl groups is 1. The van der Waals surface area contributed by atoms with Crippen molar-refractivity contribution < 1.29 is 14.6 Å². The van der Waals surface area contributed by atoms with E-state index in [-0.39, 0.29) is 11.0 Å². The summed E-state index contributed by atoms with van der Waals surface area (Å²) >= 11 is 0. The SMILES string of the molecule is CCCCOC(=O)c1ccc2[nH]cc(C(C)O)c(=O)c2c1. The molecule has 112 valence electrons.